The van der Waals surface area contributed by atoms with E-state index in [1.807, 2.05) is 24.1 Å². The van der Waals surface area contributed by atoms with E-state index in [1.54, 1.807) is 0 Å². The second kappa shape index (κ2) is 6.38. The van der Waals surface area contributed by atoms with Gasteiger partial charge in [-0.05, 0) is 12.3 Å². The Bertz CT molecular complexity index is 528. The van der Waals surface area contributed by atoms with Crippen LogP contribution < -0.4 is 5.32 Å². The summed E-state index contributed by atoms with van der Waals surface area (Å²) < 4.78 is 7.81. The van der Waals surface area contributed by atoms with Crippen molar-refractivity contribution in [2.24, 2.45) is 18.9 Å². The number of aryl methyl sites for hydroxylation is 1. The van der Waals surface area contributed by atoms with Gasteiger partial charge in [0.2, 0.25) is 5.91 Å². The number of nitrogens with one attached hydrogen (secondary N) is 1. The van der Waals surface area contributed by atoms with E-state index < -0.39 is 0 Å². The predicted octanol–water partition coefficient (Wildman–Crippen LogP) is 0.782. The molecule has 6 heteroatoms. The van der Waals surface area contributed by atoms with Gasteiger partial charge in [0.15, 0.2) is 0 Å². The van der Waals surface area contributed by atoms with Crippen LogP contribution >= 0.6 is 0 Å². The average Bonchev–Trinajstić information content (AvgIpc) is 2.99. The zero-order chi connectivity index (χ0) is 15.7. The Hall–Kier alpha value is -1.40. The number of rotatable bonds is 5. The van der Waals surface area contributed by atoms with Gasteiger partial charge in [0.25, 0.3) is 0 Å². The molecule has 2 saturated heterocycles. The van der Waals surface area contributed by atoms with Crippen molar-refractivity contribution in [3.63, 3.8) is 0 Å². The third-order valence-corrected chi connectivity index (χ3v) is 4.42. The number of fused-ring (bicyclic) bond motifs is 2. The molecule has 3 rings (SSSR count). The summed E-state index contributed by atoms with van der Waals surface area (Å²) in [5.41, 5.74) is 1.21. The molecule has 1 N–H and O–H groups in total. The van der Waals surface area contributed by atoms with Gasteiger partial charge < -0.3 is 10.1 Å². The van der Waals surface area contributed by atoms with Crippen molar-refractivity contribution >= 4 is 5.91 Å². The number of amides is 1. The number of carbonyl (C=O) groups is 1. The minimum absolute atomic E-state index is 0.00245. The molecule has 2 aliphatic rings. The van der Waals surface area contributed by atoms with Gasteiger partial charge in [0.05, 0.1) is 24.3 Å². The van der Waals surface area contributed by atoms with E-state index in [0.29, 0.717) is 5.92 Å². The first-order valence-corrected chi connectivity index (χ1v) is 8.14. The molecule has 3 heterocycles. The van der Waals surface area contributed by atoms with Crippen molar-refractivity contribution in [1.82, 2.24) is 20.0 Å². The normalized spacial score (nSPS) is 28.3. The van der Waals surface area contributed by atoms with Crippen LogP contribution in [0.3, 0.4) is 0 Å². The quantitative estimate of drug-likeness (QED) is 0.873. The molecule has 0 saturated carbocycles. The van der Waals surface area contributed by atoms with Gasteiger partial charge in [0.1, 0.15) is 0 Å². The summed E-state index contributed by atoms with van der Waals surface area (Å²) in [6, 6.07) is 0. The third-order valence-electron chi connectivity index (χ3n) is 4.42. The molecule has 1 aromatic heterocycles. The van der Waals surface area contributed by atoms with Gasteiger partial charge in [-0.1, -0.05) is 13.8 Å². The molecule has 2 aliphatic heterocycles. The van der Waals surface area contributed by atoms with E-state index >= 15 is 0 Å². The average molecular weight is 306 g/mol. The Morgan fingerprint density at radius 1 is 1.50 bits per heavy atom. The molecule has 3 unspecified atom stereocenters. The first-order chi connectivity index (χ1) is 10.5. The van der Waals surface area contributed by atoms with Crippen LogP contribution in [0.15, 0.2) is 12.4 Å². The molecule has 2 bridgehead atoms. The third kappa shape index (κ3) is 3.50. The molecule has 122 valence electrons. The van der Waals surface area contributed by atoms with Crippen molar-refractivity contribution in [3.05, 3.63) is 18.0 Å². The number of nitrogens with zero attached hydrogens (tertiary/aromatic N) is 3. The number of carbonyl (C=O) groups excluding carboxylic acids is 1. The Kier molecular flexibility index (Phi) is 4.49. The summed E-state index contributed by atoms with van der Waals surface area (Å²) in [5, 5.41) is 7.27. The predicted molar refractivity (Wildman–Crippen MR) is 83.1 cm³/mol. The van der Waals surface area contributed by atoms with Crippen LogP contribution in [-0.4, -0.2) is 52.4 Å². The standard InChI is InChI=1S/C16H26N4O2/c1-11(2)5-17-16(21)14-4-13-9-20(10-15(14)22-13)8-12-6-18-19(3)7-12/h6-7,11,13-15H,4-5,8-10H2,1-3H3,(H,17,21). The highest BCUT2D eigenvalue weighted by Crippen LogP contribution is 2.32. The lowest BCUT2D eigenvalue weighted by Gasteiger charge is -2.32. The zero-order valence-electron chi connectivity index (χ0n) is 13.7. The van der Waals surface area contributed by atoms with Gasteiger partial charge in [-0.3, -0.25) is 14.4 Å². The smallest absolute Gasteiger partial charge is 0.225 e. The summed E-state index contributed by atoms with van der Waals surface area (Å²) in [6.45, 7) is 7.57. The summed E-state index contributed by atoms with van der Waals surface area (Å²) in [4.78, 5) is 14.7. The maximum atomic E-state index is 12.3. The van der Waals surface area contributed by atoms with Crippen molar-refractivity contribution < 1.29 is 9.53 Å². The van der Waals surface area contributed by atoms with E-state index in [1.165, 1.54) is 5.56 Å². The number of aromatic nitrogens is 2. The summed E-state index contributed by atoms with van der Waals surface area (Å²) in [5.74, 6) is 0.639. The van der Waals surface area contributed by atoms with Gasteiger partial charge >= 0.3 is 0 Å². The van der Waals surface area contributed by atoms with Gasteiger partial charge in [-0.15, -0.1) is 0 Å². The van der Waals surface area contributed by atoms with E-state index in [2.05, 4.69) is 29.2 Å². The second-order valence-corrected chi connectivity index (χ2v) is 6.99. The number of morpholine rings is 1. The molecule has 6 nitrogen and oxygen atoms in total. The fraction of sp³-hybridized carbons (Fsp3) is 0.750. The van der Waals surface area contributed by atoms with E-state index in [-0.39, 0.29) is 24.0 Å². The Morgan fingerprint density at radius 2 is 2.32 bits per heavy atom. The van der Waals surface area contributed by atoms with Crippen molar-refractivity contribution in [2.75, 3.05) is 19.6 Å². The van der Waals surface area contributed by atoms with Crippen LogP contribution in [0.5, 0.6) is 0 Å². The molecule has 2 fully saturated rings. The van der Waals surface area contributed by atoms with E-state index in [4.69, 9.17) is 4.74 Å². The lowest BCUT2D eigenvalue weighted by molar-refractivity contribution is -0.128. The maximum Gasteiger partial charge on any atom is 0.225 e. The SMILES string of the molecule is CC(C)CNC(=O)C1CC2CN(Cc3cnn(C)c3)CC1O2. The molecule has 0 spiro atoms. The van der Waals surface area contributed by atoms with Gasteiger partial charge in [-0.25, -0.2) is 0 Å². The number of ether oxygens (including phenoxy) is 1. The minimum atomic E-state index is 0.00245. The first-order valence-electron chi connectivity index (χ1n) is 8.14. The fourth-order valence-electron chi connectivity index (χ4n) is 3.39. The molecule has 0 aliphatic carbocycles. The molecule has 22 heavy (non-hydrogen) atoms. The van der Waals surface area contributed by atoms with Crippen LogP contribution in [0.1, 0.15) is 25.8 Å². The topological polar surface area (TPSA) is 59.4 Å². The first kappa shape index (κ1) is 15.5. The monoisotopic (exact) mass is 306 g/mol. The molecular formula is C16H26N4O2. The van der Waals surface area contributed by atoms with Crippen molar-refractivity contribution in [1.29, 1.82) is 0 Å². The summed E-state index contributed by atoms with van der Waals surface area (Å²) in [6.07, 6.45) is 5.01. The summed E-state index contributed by atoms with van der Waals surface area (Å²) in [7, 11) is 1.93. The second-order valence-electron chi connectivity index (χ2n) is 6.99. The van der Waals surface area contributed by atoms with Crippen LogP contribution in [0.2, 0.25) is 0 Å². The molecule has 0 aromatic carbocycles. The lowest BCUT2D eigenvalue weighted by Crippen LogP contribution is -2.45. The number of hydrogen-bond acceptors (Lipinski definition) is 4. The fourth-order valence-corrected chi connectivity index (χ4v) is 3.39. The van der Waals surface area contributed by atoms with Gasteiger partial charge in [-0.2, -0.15) is 5.10 Å². The zero-order valence-corrected chi connectivity index (χ0v) is 13.7. The summed E-state index contributed by atoms with van der Waals surface area (Å²) >= 11 is 0. The van der Waals surface area contributed by atoms with Gasteiger partial charge in [0, 0.05) is 45.0 Å². The minimum Gasteiger partial charge on any atom is -0.371 e. The number of likely N-dealkylation sites (tertiary alicyclic amines) is 1. The Labute approximate surface area is 131 Å². The highest BCUT2D eigenvalue weighted by Gasteiger charge is 2.44. The highest BCUT2D eigenvalue weighted by atomic mass is 16.5. The molecule has 3 atom stereocenters. The Morgan fingerprint density at radius 3 is 3.00 bits per heavy atom. The number of hydrogen-bond donors (Lipinski definition) is 1. The van der Waals surface area contributed by atoms with E-state index in [0.717, 1.165) is 32.6 Å². The Balaban J connectivity index is 1.56. The van der Waals surface area contributed by atoms with Crippen molar-refractivity contribution in [3.8, 4) is 0 Å². The molecule has 1 amide bonds. The van der Waals surface area contributed by atoms with Crippen LogP contribution in [0.4, 0.5) is 0 Å². The van der Waals surface area contributed by atoms with Crippen molar-refractivity contribution in [2.45, 2.75) is 39.0 Å². The van der Waals surface area contributed by atoms with E-state index in [9.17, 15) is 4.79 Å². The molecule has 1 aromatic rings. The van der Waals surface area contributed by atoms with Crippen LogP contribution in [-0.2, 0) is 23.1 Å². The highest BCUT2D eigenvalue weighted by molar-refractivity contribution is 5.79. The molecule has 0 radical (unpaired) electrons. The lowest BCUT2D eigenvalue weighted by atomic mass is 9.99. The van der Waals surface area contributed by atoms with Crippen LogP contribution in [0, 0.1) is 11.8 Å². The largest absolute Gasteiger partial charge is 0.371 e. The molecular weight excluding hydrogens is 280 g/mol. The maximum absolute atomic E-state index is 12.3. The van der Waals surface area contributed by atoms with Crippen LogP contribution in [0.25, 0.3) is 0 Å².